The molecule has 6 nitrogen and oxygen atoms in total. The molecule has 1 aliphatic rings. The van der Waals surface area contributed by atoms with Crippen LogP contribution >= 0.6 is 0 Å². The van der Waals surface area contributed by atoms with Gasteiger partial charge < -0.3 is 9.47 Å². The second kappa shape index (κ2) is 8.39. The minimum absolute atomic E-state index is 0.00903. The number of hydrogen-bond acceptors (Lipinski definition) is 5. The Labute approximate surface area is 156 Å². The minimum Gasteiger partial charge on any atom is -0.491 e. The van der Waals surface area contributed by atoms with Crippen molar-refractivity contribution in [1.29, 1.82) is 0 Å². The fraction of sp³-hybridized carbons (Fsp3) is 0.632. The lowest BCUT2D eigenvalue weighted by atomic mass is 10.0. The molecule has 0 unspecified atom stereocenters. The molecule has 7 heteroatoms. The molecule has 0 spiro atoms. The Hall–Kier alpha value is -1.60. The third kappa shape index (κ3) is 5.71. The highest BCUT2D eigenvalue weighted by molar-refractivity contribution is 7.88. The SMILES string of the molecule is CC(C)Oc1cc(OC2CCN(S(C)(=O)=O)CC2)cc(C(=O)C(C)C)c1. The lowest BCUT2D eigenvalue weighted by Gasteiger charge is -2.30. The highest BCUT2D eigenvalue weighted by Crippen LogP contribution is 2.28. The Morgan fingerprint density at radius 3 is 2.15 bits per heavy atom. The van der Waals surface area contributed by atoms with Crippen molar-refractivity contribution in [3.63, 3.8) is 0 Å². The third-order valence-electron chi connectivity index (χ3n) is 4.23. The van der Waals surface area contributed by atoms with Crippen LogP contribution in [0.5, 0.6) is 11.5 Å². The molecule has 1 saturated heterocycles. The quantitative estimate of drug-likeness (QED) is 0.677. The topological polar surface area (TPSA) is 72.9 Å². The smallest absolute Gasteiger partial charge is 0.211 e. The van der Waals surface area contributed by atoms with Gasteiger partial charge in [0.2, 0.25) is 10.0 Å². The van der Waals surface area contributed by atoms with Gasteiger partial charge in [-0.05, 0) is 38.8 Å². The fourth-order valence-corrected chi connectivity index (χ4v) is 3.80. The number of Topliss-reactive ketones (excluding diaryl/α,β-unsaturated/α-hetero) is 1. The average Bonchev–Trinajstić information content (AvgIpc) is 2.52. The predicted octanol–water partition coefficient (Wildman–Crippen LogP) is 3.12. The molecule has 0 radical (unpaired) electrons. The van der Waals surface area contributed by atoms with Crippen LogP contribution in [0, 0.1) is 5.92 Å². The molecule has 0 amide bonds. The minimum atomic E-state index is -3.16. The van der Waals surface area contributed by atoms with Crippen LogP contribution in [-0.4, -0.2) is 50.1 Å². The second-order valence-electron chi connectivity index (χ2n) is 7.36. The van der Waals surface area contributed by atoms with Gasteiger partial charge in [0.1, 0.15) is 17.6 Å². The Morgan fingerprint density at radius 1 is 1.08 bits per heavy atom. The first-order chi connectivity index (χ1) is 12.1. The summed E-state index contributed by atoms with van der Waals surface area (Å²) in [5, 5.41) is 0. The third-order valence-corrected chi connectivity index (χ3v) is 5.54. The van der Waals surface area contributed by atoms with Crippen molar-refractivity contribution >= 4 is 15.8 Å². The van der Waals surface area contributed by atoms with Crippen molar-refractivity contribution < 1.29 is 22.7 Å². The zero-order valence-corrected chi connectivity index (χ0v) is 17.0. The zero-order chi connectivity index (χ0) is 19.5. The summed E-state index contributed by atoms with van der Waals surface area (Å²) in [4.78, 5) is 12.4. The van der Waals surface area contributed by atoms with Gasteiger partial charge in [0.15, 0.2) is 5.78 Å². The van der Waals surface area contributed by atoms with Gasteiger partial charge in [0.05, 0.1) is 12.4 Å². The van der Waals surface area contributed by atoms with E-state index in [1.54, 1.807) is 18.2 Å². The molecule has 1 heterocycles. The van der Waals surface area contributed by atoms with Gasteiger partial charge in [0, 0.05) is 30.6 Å². The summed E-state index contributed by atoms with van der Waals surface area (Å²) in [6.45, 7) is 8.48. The number of rotatable bonds is 7. The number of benzene rings is 1. The Balaban J connectivity index is 2.15. The highest BCUT2D eigenvalue weighted by Gasteiger charge is 2.26. The Kier molecular flexibility index (Phi) is 6.69. The van der Waals surface area contributed by atoms with E-state index in [1.165, 1.54) is 10.6 Å². The van der Waals surface area contributed by atoms with Gasteiger partial charge in [0.25, 0.3) is 0 Å². The molecule has 26 heavy (non-hydrogen) atoms. The Bertz CT molecular complexity index is 734. The summed E-state index contributed by atoms with van der Waals surface area (Å²) in [7, 11) is -3.16. The number of sulfonamides is 1. The summed E-state index contributed by atoms with van der Waals surface area (Å²) in [6, 6.07) is 5.29. The maximum atomic E-state index is 12.4. The normalized spacial score (nSPS) is 16.9. The molecular formula is C19H29NO5S. The van der Waals surface area contributed by atoms with E-state index < -0.39 is 10.0 Å². The highest BCUT2D eigenvalue weighted by atomic mass is 32.2. The summed E-state index contributed by atoms with van der Waals surface area (Å²) >= 11 is 0. The molecule has 1 aromatic rings. The first-order valence-corrected chi connectivity index (χ1v) is 10.9. The number of ether oxygens (including phenoxy) is 2. The first kappa shape index (κ1) is 20.7. The maximum absolute atomic E-state index is 12.4. The van der Waals surface area contributed by atoms with Crippen LogP contribution in [0.1, 0.15) is 50.9 Å². The monoisotopic (exact) mass is 383 g/mol. The van der Waals surface area contributed by atoms with Gasteiger partial charge in [-0.15, -0.1) is 0 Å². The van der Waals surface area contributed by atoms with Gasteiger partial charge in [-0.1, -0.05) is 13.8 Å². The van der Waals surface area contributed by atoms with E-state index in [4.69, 9.17) is 9.47 Å². The fourth-order valence-electron chi connectivity index (χ4n) is 2.93. The number of ketones is 1. The van der Waals surface area contributed by atoms with Gasteiger partial charge >= 0.3 is 0 Å². The summed E-state index contributed by atoms with van der Waals surface area (Å²) in [6.07, 6.45) is 2.38. The van der Waals surface area contributed by atoms with Crippen molar-refractivity contribution in [3.05, 3.63) is 23.8 Å². The van der Waals surface area contributed by atoms with E-state index in [-0.39, 0.29) is 23.9 Å². The molecule has 0 atom stereocenters. The molecule has 1 fully saturated rings. The molecule has 1 aliphatic heterocycles. The van der Waals surface area contributed by atoms with Crippen LogP contribution in [0.3, 0.4) is 0 Å². The summed E-state index contributed by atoms with van der Waals surface area (Å²) in [5.74, 6) is 1.12. The molecule has 2 rings (SSSR count). The lowest BCUT2D eigenvalue weighted by Crippen LogP contribution is -2.41. The Morgan fingerprint density at radius 2 is 1.65 bits per heavy atom. The van der Waals surface area contributed by atoms with E-state index in [9.17, 15) is 13.2 Å². The van der Waals surface area contributed by atoms with E-state index in [0.717, 1.165) is 0 Å². The second-order valence-corrected chi connectivity index (χ2v) is 9.34. The van der Waals surface area contributed by atoms with Gasteiger partial charge in [-0.3, -0.25) is 4.79 Å². The van der Waals surface area contributed by atoms with E-state index in [2.05, 4.69) is 0 Å². The van der Waals surface area contributed by atoms with Crippen molar-refractivity contribution in [2.45, 2.75) is 52.7 Å². The number of piperidine rings is 1. The number of nitrogens with zero attached hydrogens (tertiary/aromatic N) is 1. The van der Waals surface area contributed by atoms with Gasteiger partial charge in [-0.25, -0.2) is 12.7 Å². The molecule has 0 N–H and O–H groups in total. The van der Waals surface area contributed by atoms with Crippen molar-refractivity contribution in [2.75, 3.05) is 19.3 Å². The summed E-state index contributed by atoms with van der Waals surface area (Å²) < 4.78 is 36.5. The van der Waals surface area contributed by atoms with E-state index in [0.29, 0.717) is 43.0 Å². The van der Waals surface area contributed by atoms with Crippen LogP contribution in [0.15, 0.2) is 18.2 Å². The average molecular weight is 384 g/mol. The molecule has 0 aromatic heterocycles. The van der Waals surface area contributed by atoms with Crippen LogP contribution in [0.25, 0.3) is 0 Å². The number of carbonyl (C=O) groups excluding carboxylic acids is 1. The zero-order valence-electron chi connectivity index (χ0n) is 16.2. The molecule has 146 valence electrons. The van der Waals surface area contributed by atoms with Crippen LogP contribution in [0.4, 0.5) is 0 Å². The number of hydrogen-bond donors (Lipinski definition) is 0. The van der Waals surface area contributed by atoms with E-state index in [1.807, 2.05) is 27.7 Å². The van der Waals surface area contributed by atoms with Crippen LogP contribution in [-0.2, 0) is 10.0 Å². The number of carbonyl (C=O) groups is 1. The lowest BCUT2D eigenvalue weighted by molar-refractivity contribution is 0.0936. The largest absolute Gasteiger partial charge is 0.491 e. The van der Waals surface area contributed by atoms with Crippen molar-refractivity contribution in [1.82, 2.24) is 4.31 Å². The predicted molar refractivity (Wildman–Crippen MR) is 101 cm³/mol. The van der Waals surface area contributed by atoms with Crippen molar-refractivity contribution in [2.24, 2.45) is 5.92 Å². The van der Waals surface area contributed by atoms with Gasteiger partial charge in [-0.2, -0.15) is 0 Å². The molecule has 0 saturated carbocycles. The molecular weight excluding hydrogens is 354 g/mol. The van der Waals surface area contributed by atoms with Crippen LogP contribution in [0.2, 0.25) is 0 Å². The molecule has 1 aromatic carbocycles. The standard InChI is InChI=1S/C19H29NO5S/c1-13(2)19(21)15-10-17(24-14(3)4)12-18(11-15)25-16-6-8-20(9-7-16)26(5,22)23/h10-14,16H,6-9H2,1-5H3. The molecule has 0 aliphatic carbocycles. The van der Waals surface area contributed by atoms with E-state index >= 15 is 0 Å². The van der Waals surface area contributed by atoms with Crippen molar-refractivity contribution in [3.8, 4) is 11.5 Å². The first-order valence-electron chi connectivity index (χ1n) is 9.04. The maximum Gasteiger partial charge on any atom is 0.211 e. The molecule has 0 bridgehead atoms. The van der Waals surface area contributed by atoms with Crippen LogP contribution < -0.4 is 9.47 Å². The summed E-state index contributed by atoms with van der Waals surface area (Å²) in [5.41, 5.74) is 0.571.